The van der Waals surface area contributed by atoms with E-state index in [1.165, 1.54) is 12.1 Å². The Balaban J connectivity index is 2.40. The SMILES string of the molecule is CC(CNC(=O)OC(C)(C)C)N[C@H](C)c1cccc(F)c1. The first kappa shape index (κ1) is 17.4. The minimum atomic E-state index is -0.504. The summed E-state index contributed by atoms with van der Waals surface area (Å²) >= 11 is 0. The molecule has 0 bridgehead atoms. The minimum Gasteiger partial charge on any atom is -0.444 e. The number of alkyl carbamates (subject to hydrolysis) is 1. The van der Waals surface area contributed by atoms with Gasteiger partial charge < -0.3 is 15.4 Å². The van der Waals surface area contributed by atoms with E-state index in [-0.39, 0.29) is 17.9 Å². The Bertz CT molecular complexity index is 472. The maximum Gasteiger partial charge on any atom is 0.407 e. The summed E-state index contributed by atoms with van der Waals surface area (Å²) in [6.45, 7) is 9.81. The Hall–Kier alpha value is -1.62. The van der Waals surface area contributed by atoms with Gasteiger partial charge in [0.25, 0.3) is 0 Å². The number of benzene rings is 1. The molecule has 0 saturated carbocycles. The fraction of sp³-hybridized carbons (Fsp3) is 0.562. The Morgan fingerprint density at radius 2 is 2.00 bits per heavy atom. The maximum absolute atomic E-state index is 13.2. The van der Waals surface area contributed by atoms with E-state index < -0.39 is 11.7 Å². The molecule has 0 aromatic heterocycles. The maximum atomic E-state index is 13.2. The number of ether oxygens (including phenoxy) is 1. The van der Waals surface area contributed by atoms with E-state index in [1.54, 1.807) is 6.07 Å². The Morgan fingerprint density at radius 1 is 1.33 bits per heavy atom. The van der Waals surface area contributed by atoms with Crippen molar-refractivity contribution in [2.24, 2.45) is 0 Å². The molecule has 0 fully saturated rings. The summed E-state index contributed by atoms with van der Waals surface area (Å²) in [4.78, 5) is 11.6. The van der Waals surface area contributed by atoms with Crippen LogP contribution in [0.2, 0.25) is 0 Å². The lowest BCUT2D eigenvalue weighted by molar-refractivity contribution is 0.0522. The topological polar surface area (TPSA) is 50.4 Å². The second-order valence-corrected chi connectivity index (χ2v) is 6.23. The third kappa shape index (κ3) is 7.09. The first-order chi connectivity index (χ1) is 9.67. The van der Waals surface area contributed by atoms with Crippen molar-refractivity contribution >= 4 is 6.09 Å². The molecule has 1 unspecified atom stereocenters. The van der Waals surface area contributed by atoms with E-state index in [0.29, 0.717) is 6.54 Å². The van der Waals surface area contributed by atoms with Crippen LogP contribution < -0.4 is 10.6 Å². The number of halogens is 1. The lowest BCUT2D eigenvalue weighted by Crippen LogP contribution is -2.41. The lowest BCUT2D eigenvalue weighted by Gasteiger charge is -2.23. The summed E-state index contributed by atoms with van der Waals surface area (Å²) in [6.07, 6.45) is -0.436. The molecule has 0 spiro atoms. The molecular formula is C16H25FN2O2. The molecule has 1 rings (SSSR count). The van der Waals surface area contributed by atoms with Crippen LogP contribution in [-0.2, 0) is 4.74 Å². The molecule has 2 N–H and O–H groups in total. The van der Waals surface area contributed by atoms with Crippen LogP contribution in [0.1, 0.15) is 46.2 Å². The van der Waals surface area contributed by atoms with E-state index in [9.17, 15) is 9.18 Å². The zero-order valence-corrected chi connectivity index (χ0v) is 13.4. The molecule has 118 valence electrons. The normalized spacial score (nSPS) is 14.4. The fourth-order valence-corrected chi connectivity index (χ4v) is 1.91. The summed E-state index contributed by atoms with van der Waals surface area (Å²) in [5, 5.41) is 6.01. The van der Waals surface area contributed by atoms with Crippen molar-refractivity contribution in [3.8, 4) is 0 Å². The van der Waals surface area contributed by atoms with Crippen molar-refractivity contribution in [1.29, 1.82) is 0 Å². The van der Waals surface area contributed by atoms with Gasteiger partial charge in [-0.1, -0.05) is 12.1 Å². The fourth-order valence-electron chi connectivity index (χ4n) is 1.91. The first-order valence-corrected chi connectivity index (χ1v) is 7.16. The highest BCUT2D eigenvalue weighted by molar-refractivity contribution is 5.67. The summed E-state index contributed by atoms with van der Waals surface area (Å²) in [6, 6.07) is 6.52. The van der Waals surface area contributed by atoms with Crippen molar-refractivity contribution in [3.63, 3.8) is 0 Å². The van der Waals surface area contributed by atoms with Crippen LogP contribution in [0, 0.1) is 5.82 Å². The highest BCUT2D eigenvalue weighted by Gasteiger charge is 2.17. The van der Waals surface area contributed by atoms with Crippen LogP contribution >= 0.6 is 0 Å². The average molecular weight is 296 g/mol. The molecule has 1 aromatic rings. The number of nitrogens with one attached hydrogen (secondary N) is 2. The third-order valence-electron chi connectivity index (χ3n) is 2.83. The largest absolute Gasteiger partial charge is 0.444 e. The molecule has 1 amide bonds. The van der Waals surface area contributed by atoms with Gasteiger partial charge in [-0.25, -0.2) is 9.18 Å². The van der Waals surface area contributed by atoms with Crippen molar-refractivity contribution in [2.45, 2.75) is 52.3 Å². The van der Waals surface area contributed by atoms with Gasteiger partial charge in [0, 0.05) is 18.6 Å². The molecule has 0 saturated heterocycles. The standard InChI is InChI=1S/C16H25FN2O2/c1-11(10-18-15(20)21-16(3,4)5)19-12(2)13-7-6-8-14(17)9-13/h6-9,11-12,19H,10H2,1-5H3,(H,18,20)/t11?,12-/m1/s1. The smallest absolute Gasteiger partial charge is 0.407 e. The average Bonchev–Trinajstić information content (AvgIpc) is 2.34. The minimum absolute atomic E-state index is 0.00358. The van der Waals surface area contributed by atoms with Gasteiger partial charge in [0.15, 0.2) is 0 Å². The van der Waals surface area contributed by atoms with Gasteiger partial charge in [0.1, 0.15) is 11.4 Å². The first-order valence-electron chi connectivity index (χ1n) is 7.16. The van der Waals surface area contributed by atoms with Crippen LogP contribution in [0.25, 0.3) is 0 Å². The van der Waals surface area contributed by atoms with Crippen molar-refractivity contribution in [3.05, 3.63) is 35.6 Å². The van der Waals surface area contributed by atoms with Gasteiger partial charge in [-0.2, -0.15) is 0 Å². The molecule has 0 heterocycles. The van der Waals surface area contributed by atoms with Crippen LogP contribution in [0.4, 0.5) is 9.18 Å². The molecule has 0 aliphatic rings. The van der Waals surface area contributed by atoms with Gasteiger partial charge in [0.2, 0.25) is 0 Å². The molecule has 0 aliphatic carbocycles. The lowest BCUT2D eigenvalue weighted by atomic mass is 10.1. The van der Waals surface area contributed by atoms with Crippen LogP contribution in [0.3, 0.4) is 0 Å². The molecule has 5 heteroatoms. The highest BCUT2D eigenvalue weighted by atomic mass is 19.1. The van der Waals surface area contributed by atoms with Gasteiger partial charge >= 0.3 is 6.09 Å². The number of amides is 1. The number of hydrogen-bond acceptors (Lipinski definition) is 3. The van der Waals surface area contributed by atoms with E-state index >= 15 is 0 Å². The predicted molar refractivity (Wildman–Crippen MR) is 81.6 cm³/mol. The van der Waals surface area contributed by atoms with E-state index in [4.69, 9.17) is 4.74 Å². The molecular weight excluding hydrogens is 271 g/mol. The third-order valence-corrected chi connectivity index (χ3v) is 2.83. The van der Waals surface area contributed by atoms with Crippen LogP contribution in [-0.4, -0.2) is 24.3 Å². The molecule has 21 heavy (non-hydrogen) atoms. The number of rotatable bonds is 5. The van der Waals surface area contributed by atoms with Crippen molar-refractivity contribution in [1.82, 2.24) is 10.6 Å². The van der Waals surface area contributed by atoms with Gasteiger partial charge in [-0.3, -0.25) is 0 Å². The van der Waals surface area contributed by atoms with Gasteiger partial charge in [-0.15, -0.1) is 0 Å². The summed E-state index contributed by atoms with van der Waals surface area (Å²) in [7, 11) is 0. The highest BCUT2D eigenvalue weighted by Crippen LogP contribution is 2.14. The molecule has 2 atom stereocenters. The summed E-state index contributed by atoms with van der Waals surface area (Å²) in [5.41, 5.74) is 0.370. The monoisotopic (exact) mass is 296 g/mol. The van der Waals surface area contributed by atoms with Gasteiger partial charge in [-0.05, 0) is 52.3 Å². The zero-order valence-electron chi connectivity index (χ0n) is 13.4. The van der Waals surface area contributed by atoms with E-state index in [0.717, 1.165) is 5.56 Å². The Kier molecular flexibility index (Phi) is 6.15. The van der Waals surface area contributed by atoms with Crippen LogP contribution in [0.5, 0.6) is 0 Å². The Labute approximate surface area is 126 Å². The van der Waals surface area contributed by atoms with E-state index in [1.807, 2.05) is 40.7 Å². The van der Waals surface area contributed by atoms with Crippen molar-refractivity contribution < 1.29 is 13.9 Å². The number of hydrogen-bond donors (Lipinski definition) is 2. The summed E-state index contributed by atoms with van der Waals surface area (Å²) in [5.74, 6) is -0.249. The molecule has 4 nitrogen and oxygen atoms in total. The summed E-state index contributed by atoms with van der Waals surface area (Å²) < 4.78 is 18.3. The molecule has 0 aliphatic heterocycles. The number of carbonyl (C=O) groups is 1. The second kappa shape index (κ2) is 7.41. The zero-order chi connectivity index (χ0) is 16.0. The molecule has 1 aromatic carbocycles. The van der Waals surface area contributed by atoms with E-state index in [2.05, 4.69) is 10.6 Å². The quantitative estimate of drug-likeness (QED) is 0.875. The second-order valence-electron chi connectivity index (χ2n) is 6.23. The number of carbonyl (C=O) groups excluding carboxylic acids is 1. The Morgan fingerprint density at radius 3 is 2.57 bits per heavy atom. The predicted octanol–water partition coefficient (Wildman–Crippen LogP) is 3.39. The van der Waals surface area contributed by atoms with Gasteiger partial charge in [0.05, 0.1) is 0 Å². The van der Waals surface area contributed by atoms with Crippen molar-refractivity contribution in [2.75, 3.05) is 6.54 Å². The molecule has 0 radical (unpaired) electrons. The van der Waals surface area contributed by atoms with Crippen LogP contribution in [0.15, 0.2) is 24.3 Å².